The quantitative estimate of drug-likeness (QED) is 0.829. The van der Waals surface area contributed by atoms with Gasteiger partial charge in [0.15, 0.2) is 6.42 Å². The van der Waals surface area contributed by atoms with Gasteiger partial charge < -0.3 is 12.7 Å². The zero-order valence-electron chi connectivity index (χ0n) is 9.63. The summed E-state index contributed by atoms with van der Waals surface area (Å²) >= 11 is 0. The minimum Gasteiger partial charge on any atom is -0.358 e. The van der Waals surface area contributed by atoms with E-state index in [1.807, 2.05) is 32.0 Å². The smallest absolute Gasteiger partial charge is 0.269 e. The fourth-order valence-corrected chi connectivity index (χ4v) is 1.21. The molecule has 0 heterocycles. The Balaban J connectivity index is 0. The van der Waals surface area contributed by atoms with Crippen molar-refractivity contribution in [2.75, 3.05) is 5.32 Å². The molecule has 1 radical (unpaired) electrons. The summed E-state index contributed by atoms with van der Waals surface area (Å²) in [6, 6.07) is 5.93. The van der Waals surface area contributed by atoms with Crippen LogP contribution >= 0.6 is 0 Å². The molecule has 1 amide bonds. The molecule has 1 aromatic rings. The Kier molecular flexibility index (Phi) is 9.38. The molecule has 0 bridgehead atoms. The van der Waals surface area contributed by atoms with E-state index in [-0.39, 0.29) is 61.0 Å². The van der Waals surface area contributed by atoms with Gasteiger partial charge in [0.05, 0.1) is 6.92 Å². The Morgan fingerprint density at radius 1 is 1.33 bits per heavy atom. The van der Waals surface area contributed by atoms with Gasteiger partial charge in [-0.15, -0.1) is 0 Å². The van der Waals surface area contributed by atoms with Gasteiger partial charge in [-0.2, -0.15) is 0 Å². The molecule has 0 aliphatic rings. The molecule has 0 spiro atoms. The molecule has 0 aliphatic heterocycles. The number of hydrogen-bond donors (Lipinski definition) is 1. The standard InChI is InChI=1S/C11H13NO.CH3.Pr/c1-4-10(13)12-11-8(2)6-5-7-9(11)3;;/h5-7H,1,4H2,2-3H3;1H3;/q;-1;/p+1. The van der Waals surface area contributed by atoms with Gasteiger partial charge in [-0.05, 0) is 25.0 Å². The van der Waals surface area contributed by atoms with Crippen molar-refractivity contribution < 1.29 is 46.1 Å². The summed E-state index contributed by atoms with van der Waals surface area (Å²) in [5.41, 5.74) is 3.08. The maximum Gasteiger partial charge on any atom is 0.269 e. The second kappa shape index (κ2) is 8.12. The second-order valence-corrected chi connectivity index (χ2v) is 3.06. The minimum absolute atomic E-state index is 0. The molecule has 0 atom stereocenters. The summed E-state index contributed by atoms with van der Waals surface area (Å²) in [7, 11) is 0. The van der Waals surface area contributed by atoms with Crippen molar-refractivity contribution in [3.05, 3.63) is 43.7 Å². The monoisotopic (exact) mass is 332 g/mol. The fraction of sp³-hybridized carbons (Fsp3) is 0.250. The van der Waals surface area contributed by atoms with Gasteiger partial charge in [0, 0.05) is 47.0 Å². The first-order chi connectivity index (χ1) is 6.15. The van der Waals surface area contributed by atoms with Crippen LogP contribution in [0.5, 0.6) is 0 Å². The van der Waals surface area contributed by atoms with Crippen molar-refractivity contribution in [2.24, 2.45) is 0 Å². The summed E-state index contributed by atoms with van der Waals surface area (Å²) in [6.07, 6.45) is 0.272. The van der Waals surface area contributed by atoms with Gasteiger partial charge in [0.2, 0.25) is 0 Å². The third-order valence-electron chi connectivity index (χ3n) is 1.97. The first-order valence-electron chi connectivity index (χ1n) is 4.30. The van der Waals surface area contributed by atoms with E-state index < -0.39 is 0 Å². The molecule has 0 fully saturated rings. The first kappa shape index (κ1) is 17.3. The van der Waals surface area contributed by atoms with E-state index in [2.05, 4.69) is 12.2 Å². The first-order valence-corrected chi connectivity index (χ1v) is 4.30. The molecular weight excluding hydrogens is 315 g/mol. The number of nitrogens with one attached hydrogen (secondary N) is 1. The predicted octanol–water partition coefficient (Wildman–Crippen LogP) is 2.92. The van der Waals surface area contributed by atoms with Crippen LogP contribution in [0, 0.1) is 69.5 Å². The number of rotatable bonds is 2. The van der Waals surface area contributed by atoms with Gasteiger partial charge in [-0.3, -0.25) is 4.79 Å². The average molecular weight is 332 g/mol. The maximum absolute atomic E-state index is 11.1. The molecule has 0 aromatic heterocycles. The van der Waals surface area contributed by atoms with E-state index >= 15 is 0 Å². The Labute approximate surface area is 126 Å². The minimum atomic E-state index is -0.0441. The van der Waals surface area contributed by atoms with Crippen molar-refractivity contribution in [3.8, 4) is 0 Å². The van der Waals surface area contributed by atoms with Crippen LogP contribution in [-0.2, 0) is 4.79 Å². The Morgan fingerprint density at radius 2 is 1.80 bits per heavy atom. The van der Waals surface area contributed by atoms with Crippen molar-refractivity contribution in [1.82, 2.24) is 0 Å². The maximum atomic E-state index is 11.1. The molecule has 0 saturated heterocycles. The number of carbonyl (C=O) groups excluding carboxylic acids is 1. The normalized spacial score (nSPS) is 8.40. The van der Waals surface area contributed by atoms with Crippen molar-refractivity contribution in [2.45, 2.75) is 20.3 Å². The van der Waals surface area contributed by atoms with Crippen molar-refractivity contribution >= 4 is 11.6 Å². The van der Waals surface area contributed by atoms with Gasteiger partial charge in [-0.25, -0.2) is 0 Å². The number of aryl methyl sites for hydroxylation is 2. The molecule has 1 aromatic carbocycles. The van der Waals surface area contributed by atoms with E-state index in [0.29, 0.717) is 0 Å². The summed E-state index contributed by atoms with van der Waals surface area (Å²) in [6.45, 7) is 7.48. The SMILES string of the molecule is [CH2+]CC(=O)Nc1c(C)cccc1C.[CH3-].[Pr]. The van der Waals surface area contributed by atoms with Crippen molar-refractivity contribution in [3.63, 3.8) is 0 Å². The second-order valence-electron chi connectivity index (χ2n) is 3.06. The molecule has 79 valence electrons. The summed E-state index contributed by atoms with van der Waals surface area (Å²) in [5, 5.41) is 2.83. The number of benzene rings is 1. The molecule has 3 heteroatoms. The van der Waals surface area contributed by atoms with Crippen LogP contribution in [0.15, 0.2) is 18.2 Å². The summed E-state index contributed by atoms with van der Waals surface area (Å²) in [4.78, 5) is 11.1. The van der Waals surface area contributed by atoms with Crippen molar-refractivity contribution in [1.29, 1.82) is 0 Å². The van der Waals surface area contributed by atoms with Crippen LogP contribution in [-0.4, -0.2) is 5.91 Å². The van der Waals surface area contributed by atoms with Gasteiger partial charge in [-0.1, -0.05) is 18.2 Å². The molecule has 0 saturated carbocycles. The molecule has 2 nitrogen and oxygen atoms in total. The Morgan fingerprint density at radius 3 is 2.20 bits per heavy atom. The van der Waals surface area contributed by atoms with E-state index in [4.69, 9.17) is 0 Å². The van der Waals surface area contributed by atoms with Crippen LogP contribution in [0.3, 0.4) is 0 Å². The molecule has 1 N–H and O–H groups in total. The van der Waals surface area contributed by atoms with E-state index in [9.17, 15) is 4.79 Å². The predicted molar refractivity (Wildman–Crippen MR) is 60.9 cm³/mol. The fourth-order valence-electron chi connectivity index (χ4n) is 1.21. The summed E-state index contributed by atoms with van der Waals surface area (Å²) in [5.74, 6) is -0.0441. The number of amides is 1. The van der Waals surface area contributed by atoms with Crippen LogP contribution in [0.4, 0.5) is 5.69 Å². The third kappa shape index (κ3) is 4.99. The molecule has 15 heavy (non-hydrogen) atoms. The number of anilines is 1. The molecule has 0 unspecified atom stereocenters. The third-order valence-corrected chi connectivity index (χ3v) is 1.97. The van der Waals surface area contributed by atoms with Gasteiger partial charge >= 0.3 is 0 Å². The zero-order chi connectivity index (χ0) is 9.84. The van der Waals surface area contributed by atoms with Crippen LogP contribution in [0.1, 0.15) is 17.5 Å². The van der Waals surface area contributed by atoms with Crippen LogP contribution in [0.2, 0.25) is 0 Å². The largest absolute Gasteiger partial charge is 0.358 e. The average Bonchev–Trinajstić information content (AvgIpc) is 2.11. The Bertz CT molecular complexity index is 303. The van der Waals surface area contributed by atoms with Crippen LogP contribution in [0.25, 0.3) is 0 Å². The van der Waals surface area contributed by atoms with E-state index in [0.717, 1.165) is 16.8 Å². The van der Waals surface area contributed by atoms with Gasteiger partial charge in [0.25, 0.3) is 5.91 Å². The Hall–Kier alpha value is -0.0764. The van der Waals surface area contributed by atoms with Crippen LogP contribution < -0.4 is 5.32 Å². The molecular formula is C12H17NOPr. The number of carbonyl (C=O) groups is 1. The number of hydrogen-bond acceptors (Lipinski definition) is 1. The topological polar surface area (TPSA) is 29.1 Å². The zero-order valence-corrected chi connectivity index (χ0v) is 13.3. The molecule has 1 rings (SSSR count). The summed E-state index contributed by atoms with van der Waals surface area (Å²) < 4.78 is 0. The van der Waals surface area contributed by atoms with Gasteiger partial charge in [0.1, 0.15) is 0 Å². The molecule has 0 aliphatic carbocycles. The number of para-hydroxylation sites is 1. The van der Waals surface area contributed by atoms with E-state index in [1.165, 1.54) is 0 Å². The van der Waals surface area contributed by atoms with E-state index in [1.54, 1.807) is 0 Å².